The molecule has 0 radical (unpaired) electrons. The van der Waals surface area contributed by atoms with E-state index in [0.717, 1.165) is 15.9 Å². The molecule has 5 nitrogen and oxygen atoms in total. The Morgan fingerprint density at radius 1 is 0.962 bits per heavy atom. The van der Waals surface area contributed by atoms with E-state index in [0.29, 0.717) is 22.5 Å². The van der Waals surface area contributed by atoms with Crippen molar-refractivity contribution in [2.75, 3.05) is 0 Å². The molecule has 0 saturated carbocycles. The van der Waals surface area contributed by atoms with E-state index in [9.17, 15) is 4.79 Å². The lowest BCUT2D eigenvalue weighted by atomic mass is 10.2. The van der Waals surface area contributed by atoms with Crippen molar-refractivity contribution in [2.24, 2.45) is 0 Å². The van der Waals surface area contributed by atoms with E-state index in [1.807, 2.05) is 48.5 Å². The van der Waals surface area contributed by atoms with Gasteiger partial charge in [-0.3, -0.25) is 9.36 Å². The monoisotopic (exact) mass is 358 g/mol. The van der Waals surface area contributed by atoms with Gasteiger partial charge in [0.25, 0.3) is 5.56 Å². The van der Waals surface area contributed by atoms with Crippen LogP contribution < -0.4 is 5.56 Å². The predicted molar refractivity (Wildman–Crippen MR) is 103 cm³/mol. The van der Waals surface area contributed by atoms with Gasteiger partial charge in [0, 0.05) is 5.39 Å². The second kappa shape index (κ2) is 6.98. The molecule has 2 aromatic carbocycles. The molecule has 0 aliphatic carbocycles. The maximum atomic E-state index is 12.7. The lowest BCUT2D eigenvalue weighted by Gasteiger charge is -2.10. The number of aromatic nitrogens is 3. The summed E-state index contributed by atoms with van der Waals surface area (Å²) < 4.78 is 1.44. The number of nitriles is 1. The van der Waals surface area contributed by atoms with E-state index in [1.54, 1.807) is 12.1 Å². The highest BCUT2D eigenvalue weighted by Gasteiger charge is 2.11. The molecular formula is C20H14N4OS. The second-order valence-corrected chi connectivity index (χ2v) is 6.72. The summed E-state index contributed by atoms with van der Waals surface area (Å²) in [5.41, 5.74) is 1.39. The average molecular weight is 358 g/mol. The second-order valence-electron chi connectivity index (χ2n) is 5.73. The molecule has 2 heterocycles. The summed E-state index contributed by atoms with van der Waals surface area (Å²) in [5.74, 6) is 1.04. The zero-order valence-electron chi connectivity index (χ0n) is 13.8. The van der Waals surface area contributed by atoms with Crippen LogP contribution in [-0.4, -0.2) is 14.5 Å². The van der Waals surface area contributed by atoms with Crippen molar-refractivity contribution >= 4 is 33.6 Å². The average Bonchev–Trinajstić information content (AvgIpc) is 2.69. The number of pyridine rings is 1. The van der Waals surface area contributed by atoms with Gasteiger partial charge in [0.2, 0.25) is 0 Å². The Hall–Kier alpha value is -3.17. The quantitative estimate of drug-likeness (QED) is 0.519. The topological polar surface area (TPSA) is 71.6 Å². The van der Waals surface area contributed by atoms with Crippen LogP contribution in [0.3, 0.4) is 0 Å². The Bertz CT molecular complexity index is 1210. The highest BCUT2D eigenvalue weighted by atomic mass is 32.2. The van der Waals surface area contributed by atoms with Gasteiger partial charge in [0.05, 0.1) is 33.3 Å². The van der Waals surface area contributed by atoms with Gasteiger partial charge < -0.3 is 0 Å². The van der Waals surface area contributed by atoms with Gasteiger partial charge in [-0.15, -0.1) is 0 Å². The third kappa shape index (κ3) is 3.05. The number of benzene rings is 2. The first-order valence-corrected chi connectivity index (χ1v) is 9.09. The Balaban J connectivity index is 1.70. The molecule has 0 atom stereocenters. The van der Waals surface area contributed by atoms with E-state index in [-0.39, 0.29) is 12.1 Å². The van der Waals surface area contributed by atoms with Crippen molar-refractivity contribution in [3.05, 3.63) is 76.8 Å². The normalized spacial score (nSPS) is 10.9. The van der Waals surface area contributed by atoms with E-state index < -0.39 is 0 Å². The molecule has 126 valence electrons. The Kier molecular flexibility index (Phi) is 4.38. The summed E-state index contributed by atoms with van der Waals surface area (Å²) in [6.07, 6.45) is 0. The van der Waals surface area contributed by atoms with Crippen LogP contribution in [0, 0.1) is 11.3 Å². The lowest BCUT2D eigenvalue weighted by Crippen LogP contribution is -2.24. The fourth-order valence-corrected chi connectivity index (χ4v) is 3.65. The fraction of sp³-hybridized carbons (Fsp3) is 0.100. The van der Waals surface area contributed by atoms with Crippen LogP contribution in [-0.2, 0) is 12.3 Å². The maximum Gasteiger partial charge on any atom is 0.262 e. The molecule has 0 unspecified atom stereocenters. The minimum atomic E-state index is -0.181. The van der Waals surface area contributed by atoms with Crippen LogP contribution in [0.4, 0.5) is 0 Å². The predicted octanol–water partition coefficient (Wildman–Crippen LogP) is 3.76. The van der Waals surface area contributed by atoms with Gasteiger partial charge in [-0.2, -0.15) is 5.26 Å². The number of thioether (sulfide) groups is 1. The van der Waals surface area contributed by atoms with E-state index in [4.69, 9.17) is 5.26 Å². The number of fused-ring (bicyclic) bond motifs is 2. The van der Waals surface area contributed by atoms with Gasteiger partial charge >= 0.3 is 0 Å². The summed E-state index contributed by atoms with van der Waals surface area (Å²) in [7, 11) is 0. The van der Waals surface area contributed by atoms with Crippen molar-refractivity contribution in [2.45, 2.75) is 17.3 Å². The zero-order chi connectivity index (χ0) is 17.9. The zero-order valence-corrected chi connectivity index (χ0v) is 14.6. The first kappa shape index (κ1) is 16.3. The van der Waals surface area contributed by atoms with Crippen molar-refractivity contribution in [1.82, 2.24) is 14.5 Å². The van der Waals surface area contributed by atoms with E-state index >= 15 is 0 Å². The van der Waals surface area contributed by atoms with Crippen LogP contribution in [0.5, 0.6) is 0 Å². The molecule has 0 bridgehead atoms. The van der Waals surface area contributed by atoms with Crippen LogP contribution >= 0.6 is 11.8 Å². The fourth-order valence-electron chi connectivity index (χ4n) is 2.82. The summed E-state index contributed by atoms with van der Waals surface area (Å²) in [6.45, 7) is -0.0162. The third-order valence-electron chi connectivity index (χ3n) is 4.09. The summed E-state index contributed by atoms with van der Waals surface area (Å²) in [4.78, 5) is 21.9. The van der Waals surface area contributed by atoms with Crippen LogP contribution in [0.15, 0.2) is 70.5 Å². The smallest absolute Gasteiger partial charge is 0.262 e. The number of rotatable bonds is 4. The highest BCUT2D eigenvalue weighted by Crippen LogP contribution is 2.23. The molecular weight excluding hydrogens is 344 g/mol. The third-order valence-corrected chi connectivity index (χ3v) is 5.02. The highest BCUT2D eigenvalue weighted by molar-refractivity contribution is 7.98. The van der Waals surface area contributed by atoms with Gasteiger partial charge in [-0.25, -0.2) is 9.97 Å². The van der Waals surface area contributed by atoms with Crippen molar-refractivity contribution in [3.8, 4) is 6.07 Å². The van der Waals surface area contributed by atoms with Gasteiger partial charge in [-0.05, 0) is 24.3 Å². The van der Waals surface area contributed by atoms with Crippen molar-refractivity contribution < 1.29 is 0 Å². The minimum absolute atomic E-state index is 0.0162. The van der Waals surface area contributed by atoms with Crippen molar-refractivity contribution in [1.29, 1.82) is 5.26 Å². The molecule has 0 saturated heterocycles. The molecule has 4 rings (SSSR count). The molecule has 0 fully saturated rings. The molecule has 0 aliphatic rings. The number of nitrogens with zero attached hydrogens (tertiary/aromatic N) is 4. The van der Waals surface area contributed by atoms with Gasteiger partial charge in [-0.1, -0.05) is 48.2 Å². The summed E-state index contributed by atoms with van der Waals surface area (Å²) in [6, 6.07) is 21.2. The summed E-state index contributed by atoms with van der Waals surface area (Å²) in [5, 5.41) is 11.6. The Labute approximate surface area is 153 Å². The van der Waals surface area contributed by atoms with Crippen molar-refractivity contribution in [3.63, 3.8) is 0 Å². The van der Waals surface area contributed by atoms with Crippen LogP contribution in [0.25, 0.3) is 21.8 Å². The largest absolute Gasteiger partial charge is 0.281 e. The first-order valence-electron chi connectivity index (χ1n) is 8.10. The molecule has 2 aromatic heterocycles. The SMILES string of the molecule is N#CCn1c(CSc2ccc3ccccc3n2)nc2ccccc2c1=O. The Morgan fingerprint density at radius 3 is 2.58 bits per heavy atom. The van der Waals surface area contributed by atoms with Crippen LogP contribution in [0.2, 0.25) is 0 Å². The molecule has 4 aromatic rings. The molecule has 0 amide bonds. The Morgan fingerprint density at radius 2 is 1.73 bits per heavy atom. The number of hydrogen-bond acceptors (Lipinski definition) is 5. The number of hydrogen-bond donors (Lipinski definition) is 0. The van der Waals surface area contributed by atoms with Gasteiger partial charge in [0.15, 0.2) is 0 Å². The standard InChI is InChI=1S/C20H14N4OS/c21-11-12-24-18(22-17-8-4-2-6-15(17)20(24)25)13-26-19-10-9-14-5-1-3-7-16(14)23-19/h1-10H,12-13H2. The maximum absolute atomic E-state index is 12.7. The summed E-state index contributed by atoms with van der Waals surface area (Å²) >= 11 is 1.50. The van der Waals surface area contributed by atoms with Gasteiger partial charge in [0.1, 0.15) is 12.4 Å². The molecule has 26 heavy (non-hydrogen) atoms. The van der Waals surface area contributed by atoms with Crippen LogP contribution in [0.1, 0.15) is 5.82 Å². The molecule has 6 heteroatoms. The first-order chi connectivity index (χ1) is 12.8. The molecule has 0 N–H and O–H groups in total. The minimum Gasteiger partial charge on any atom is -0.281 e. The number of para-hydroxylation sites is 2. The lowest BCUT2D eigenvalue weighted by molar-refractivity contribution is 0.730. The van der Waals surface area contributed by atoms with E-state index in [1.165, 1.54) is 16.3 Å². The van der Waals surface area contributed by atoms with E-state index in [2.05, 4.69) is 16.0 Å². The molecule has 0 aliphatic heterocycles. The molecule has 0 spiro atoms.